The van der Waals surface area contributed by atoms with Gasteiger partial charge in [-0.2, -0.15) is 0 Å². The molecule has 0 aliphatic rings. The molecule has 1 N–H and O–H groups in total. The highest BCUT2D eigenvalue weighted by molar-refractivity contribution is 5.98. The summed E-state index contributed by atoms with van der Waals surface area (Å²) in [7, 11) is 0. The molecular weight excluding hydrogens is 316 g/mol. The lowest BCUT2D eigenvalue weighted by molar-refractivity contribution is -0.133. The first-order chi connectivity index (χ1) is 11.8. The maximum atomic E-state index is 12.3. The normalized spacial score (nSPS) is 10.2. The van der Waals surface area contributed by atoms with E-state index in [1.165, 1.54) is 18.7 Å². The van der Waals surface area contributed by atoms with Crippen molar-refractivity contribution in [2.75, 3.05) is 11.9 Å². The highest BCUT2D eigenvalue weighted by Gasteiger charge is 2.14. The molecule has 2 amide bonds. The third-order valence-electron chi connectivity index (χ3n) is 3.83. The molecule has 2 aromatic carbocycles. The molecule has 0 aliphatic carbocycles. The number of carbonyl (C=O) groups is 3. The average molecular weight is 338 g/mol. The summed E-state index contributed by atoms with van der Waals surface area (Å²) in [6.45, 7) is 5.23. The second-order valence-corrected chi connectivity index (χ2v) is 6.05. The van der Waals surface area contributed by atoms with E-state index in [9.17, 15) is 14.4 Å². The van der Waals surface area contributed by atoms with Gasteiger partial charge in [0.05, 0.1) is 0 Å². The Labute approximate surface area is 147 Å². The van der Waals surface area contributed by atoms with Crippen LogP contribution in [0.2, 0.25) is 0 Å². The molecule has 2 aromatic rings. The highest BCUT2D eigenvalue weighted by Crippen LogP contribution is 2.12. The first-order valence-electron chi connectivity index (χ1n) is 8.07. The van der Waals surface area contributed by atoms with Crippen LogP contribution in [0.15, 0.2) is 48.5 Å². The molecule has 5 nitrogen and oxygen atoms in total. The van der Waals surface area contributed by atoms with Gasteiger partial charge in [-0.05, 0) is 31.5 Å². The summed E-state index contributed by atoms with van der Waals surface area (Å²) in [4.78, 5) is 37.0. The Kier molecular flexibility index (Phi) is 6.06. The zero-order valence-corrected chi connectivity index (χ0v) is 14.7. The molecule has 2 rings (SSSR count). The number of hydrogen-bond acceptors (Lipinski definition) is 3. The third kappa shape index (κ3) is 5.57. The van der Waals surface area contributed by atoms with Gasteiger partial charge in [0.15, 0.2) is 5.78 Å². The van der Waals surface area contributed by atoms with Crippen LogP contribution in [0.4, 0.5) is 5.69 Å². The SMILES string of the molecule is CC(=O)c1cccc(NC(=O)CN(Cc2ccc(C)cc2)C(C)=O)c1. The number of aryl methyl sites for hydroxylation is 1. The zero-order chi connectivity index (χ0) is 18.4. The maximum Gasteiger partial charge on any atom is 0.244 e. The number of ketones is 1. The third-order valence-corrected chi connectivity index (χ3v) is 3.83. The summed E-state index contributed by atoms with van der Waals surface area (Å²) in [5.74, 6) is -0.544. The van der Waals surface area contributed by atoms with Crippen molar-refractivity contribution in [3.8, 4) is 0 Å². The van der Waals surface area contributed by atoms with Crippen LogP contribution in [0, 0.1) is 6.92 Å². The first-order valence-corrected chi connectivity index (χ1v) is 8.07. The van der Waals surface area contributed by atoms with Gasteiger partial charge < -0.3 is 10.2 Å². The summed E-state index contributed by atoms with van der Waals surface area (Å²) in [5.41, 5.74) is 3.17. The van der Waals surface area contributed by atoms with E-state index in [2.05, 4.69) is 5.32 Å². The van der Waals surface area contributed by atoms with Crippen molar-refractivity contribution in [3.63, 3.8) is 0 Å². The number of carbonyl (C=O) groups excluding carboxylic acids is 3. The second-order valence-electron chi connectivity index (χ2n) is 6.05. The number of nitrogens with one attached hydrogen (secondary N) is 1. The molecule has 0 heterocycles. The van der Waals surface area contributed by atoms with E-state index in [1.54, 1.807) is 24.3 Å². The molecular formula is C20H22N2O3. The summed E-state index contributed by atoms with van der Waals surface area (Å²) < 4.78 is 0. The predicted octanol–water partition coefficient (Wildman–Crippen LogP) is 3.18. The van der Waals surface area contributed by atoms with Gasteiger partial charge in [0, 0.05) is 24.7 Å². The van der Waals surface area contributed by atoms with Crippen molar-refractivity contribution >= 4 is 23.3 Å². The van der Waals surface area contributed by atoms with Crippen molar-refractivity contribution in [2.45, 2.75) is 27.3 Å². The van der Waals surface area contributed by atoms with Gasteiger partial charge in [0.25, 0.3) is 0 Å². The Balaban J connectivity index is 2.02. The maximum absolute atomic E-state index is 12.3. The van der Waals surface area contributed by atoms with Gasteiger partial charge in [-0.15, -0.1) is 0 Å². The number of Topliss-reactive ketones (excluding diaryl/α,β-unsaturated/α-hetero) is 1. The Bertz CT molecular complexity index is 782. The predicted molar refractivity (Wildman–Crippen MR) is 97.3 cm³/mol. The van der Waals surface area contributed by atoms with Gasteiger partial charge in [-0.25, -0.2) is 0 Å². The van der Waals surface area contributed by atoms with Crippen LogP contribution in [0.3, 0.4) is 0 Å². The fourth-order valence-corrected chi connectivity index (χ4v) is 2.38. The lowest BCUT2D eigenvalue weighted by Crippen LogP contribution is -2.36. The Morgan fingerprint density at radius 1 is 1.00 bits per heavy atom. The van der Waals surface area contributed by atoms with E-state index in [-0.39, 0.29) is 24.1 Å². The molecule has 0 fully saturated rings. The standard InChI is InChI=1S/C20H22N2O3/c1-14-7-9-17(10-8-14)12-22(16(3)24)13-20(25)21-19-6-4-5-18(11-19)15(2)23/h4-11H,12-13H2,1-3H3,(H,21,25). The van der Waals surface area contributed by atoms with Crippen LogP contribution in [0.25, 0.3) is 0 Å². The van der Waals surface area contributed by atoms with Gasteiger partial charge in [-0.3, -0.25) is 14.4 Å². The summed E-state index contributed by atoms with van der Waals surface area (Å²) in [6.07, 6.45) is 0. The van der Waals surface area contributed by atoms with Crippen LogP contribution >= 0.6 is 0 Å². The van der Waals surface area contributed by atoms with E-state index < -0.39 is 0 Å². The van der Waals surface area contributed by atoms with Crippen molar-refractivity contribution in [1.29, 1.82) is 0 Å². The van der Waals surface area contributed by atoms with E-state index in [4.69, 9.17) is 0 Å². The van der Waals surface area contributed by atoms with Crippen LogP contribution < -0.4 is 5.32 Å². The summed E-state index contributed by atoms with van der Waals surface area (Å²) in [5, 5.41) is 2.73. The fourth-order valence-electron chi connectivity index (χ4n) is 2.38. The molecule has 0 saturated carbocycles. The van der Waals surface area contributed by atoms with E-state index in [0.29, 0.717) is 17.8 Å². The highest BCUT2D eigenvalue weighted by atomic mass is 16.2. The van der Waals surface area contributed by atoms with Gasteiger partial charge in [0.1, 0.15) is 6.54 Å². The molecule has 25 heavy (non-hydrogen) atoms. The topological polar surface area (TPSA) is 66.5 Å². The van der Waals surface area contributed by atoms with Crippen LogP contribution in [0.5, 0.6) is 0 Å². The van der Waals surface area contributed by atoms with Crippen LogP contribution in [-0.2, 0) is 16.1 Å². The Morgan fingerprint density at radius 2 is 1.68 bits per heavy atom. The minimum Gasteiger partial charge on any atom is -0.329 e. The van der Waals surface area contributed by atoms with Gasteiger partial charge in [-0.1, -0.05) is 42.0 Å². The molecule has 0 spiro atoms. The first kappa shape index (κ1) is 18.4. The molecule has 0 aliphatic heterocycles. The largest absolute Gasteiger partial charge is 0.329 e. The summed E-state index contributed by atoms with van der Waals surface area (Å²) in [6, 6.07) is 14.6. The molecule has 0 bridgehead atoms. The second kappa shape index (κ2) is 8.24. The number of anilines is 1. The monoisotopic (exact) mass is 338 g/mol. The minimum absolute atomic E-state index is 0.0481. The Morgan fingerprint density at radius 3 is 2.28 bits per heavy atom. The van der Waals surface area contributed by atoms with Gasteiger partial charge in [0.2, 0.25) is 11.8 Å². The molecule has 0 atom stereocenters. The molecule has 130 valence electrons. The smallest absolute Gasteiger partial charge is 0.244 e. The zero-order valence-electron chi connectivity index (χ0n) is 14.7. The van der Waals surface area contributed by atoms with Crippen LogP contribution in [-0.4, -0.2) is 29.0 Å². The van der Waals surface area contributed by atoms with Crippen LogP contribution in [0.1, 0.15) is 35.3 Å². The number of hydrogen-bond donors (Lipinski definition) is 1. The van der Waals surface area contributed by atoms with E-state index in [0.717, 1.165) is 11.1 Å². The minimum atomic E-state index is -0.303. The fraction of sp³-hybridized carbons (Fsp3) is 0.250. The molecule has 0 unspecified atom stereocenters. The van der Waals surface area contributed by atoms with Crippen molar-refractivity contribution < 1.29 is 14.4 Å². The van der Waals surface area contributed by atoms with Crippen molar-refractivity contribution in [2.24, 2.45) is 0 Å². The molecule has 0 saturated heterocycles. The summed E-state index contributed by atoms with van der Waals surface area (Å²) >= 11 is 0. The molecule has 5 heteroatoms. The Hall–Kier alpha value is -2.95. The van der Waals surface area contributed by atoms with Crippen molar-refractivity contribution in [1.82, 2.24) is 4.90 Å². The van der Waals surface area contributed by atoms with E-state index in [1.807, 2.05) is 31.2 Å². The number of benzene rings is 2. The number of amides is 2. The molecule has 0 radical (unpaired) electrons. The average Bonchev–Trinajstić information content (AvgIpc) is 2.56. The lowest BCUT2D eigenvalue weighted by atomic mass is 10.1. The van der Waals surface area contributed by atoms with Crippen molar-refractivity contribution in [3.05, 3.63) is 65.2 Å². The quantitative estimate of drug-likeness (QED) is 0.823. The van der Waals surface area contributed by atoms with E-state index >= 15 is 0 Å². The lowest BCUT2D eigenvalue weighted by Gasteiger charge is -2.21. The number of rotatable bonds is 6. The number of nitrogens with zero attached hydrogens (tertiary/aromatic N) is 1. The van der Waals surface area contributed by atoms with Gasteiger partial charge >= 0.3 is 0 Å². The molecule has 0 aromatic heterocycles.